The van der Waals surface area contributed by atoms with Crippen molar-refractivity contribution in [1.82, 2.24) is 9.80 Å². The first kappa shape index (κ1) is 18.9. The van der Waals surface area contributed by atoms with Crippen LogP contribution >= 0.6 is 11.6 Å². The quantitative estimate of drug-likeness (QED) is 0.761. The topological polar surface area (TPSA) is 66.9 Å². The number of hydrogen-bond donors (Lipinski definition) is 0. The smallest absolute Gasteiger partial charge is 0.337 e. The average molecular weight is 387 g/mol. The van der Waals surface area contributed by atoms with E-state index in [1.165, 1.54) is 7.11 Å². The normalized spacial score (nSPS) is 14.0. The molecule has 3 rings (SSSR count). The van der Waals surface area contributed by atoms with E-state index in [-0.39, 0.29) is 11.8 Å². The molecule has 1 saturated heterocycles. The van der Waals surface area contributed by atoms with Crippen LogP contribution in [-0.4, -0.2) is 60.9 Å². The largest absolute Gasteiger partial charge is 0.465 e. The zero-order valence-corrected chi connectivity index (χ0v) is 15.6. The van der Waals surface area contributed by atoms with Crippen molar-refractivity contribution in [2.75, 3.05) is 33.3 Å². The van der Waals surface area contributed by atoms with Gasteiger partial charge in [-0.15, -0.1) is 0 Å². The van der Waals surface area contributed by atoms with E-state index in [0.29, 0.717) is 47.9 Å². The fourth-order valence-electron chi connectivity index (χ4n) is 2.94. The molecule has 1 heterocycles. The third-order valence-corrected chi connectivity index (χ3v) is 4.75. The number of benzene rings is 2. The number of rotatable bonds is 3. The molecule has 2 amide bonds. The maximum atomic E-state index is 12.6. The summed E-state index contributed by atoms with van der Waals surface area (Å²) in [6, 6.07) is 13.1. The average Bonchev–Trinajstić information content (AvgIpc) is 2.73. The van der Waals surface area contributed by atoms with Crippen LogP contribution in [-0.2, 0) is 4.74 Å². The van der Waals surface area contributed by atoms with E-state index in [4.69, 9.17) is 11.6 Å². The molecule has 7 heteroatoms. The van der Waals surface area contributed by atoms with Gasteiger partial charge in [0.2, 0.25) is 0 Å². The lowest BCUT2D eigenvalue weighted by atomic mass is 10.1. The second kappa shape index (κ2) is 8.22. The molecule has 140 valence electrons. The van der Waals surface area contributed by atoms with Gasteiger partial charge in [-0.25, -0.2) is 4.79 Å². The van der Waals surface area contributed by atoms with Gasteiger partial charge in [-0.05, 0) is 48.5 Å². The van der Waals surface area contributed by atoms with Gasteiger partial charge in [0.1, 0.15) is 0 Å². The van der Waals surface area contributed by atoms with Gasteiger partial charge >= 0.3 is 5.97 Å². The molecule has 1 aliphatic heterocycles. The zero-order chi connectivity index (χ0) is 19.4. The molecule has 2 aromatic rings. The van der Waals surface area contributed by atoms with Gasteiger partial charge in [-0.1, -0.05) is 11.6 Å². The number of ether oxygens (including phenoxy) is 1. The Morgan fingerprint density at radius 2 is 1.11 bits per heavy atom. The highest BCUT2D eigenvalue weighted by molar-refractivity contribution is 6.30. The van der Waals surface area contributed by atoms with Crippen molar-refractivity contribution in [3.8, 4) is 0 Å². The molecule has 1 fully saturated rings. The Labute approximate surface area is 162 Å². The molecular weight excluding hydrogens is 368 g/mol. The van der Waals surface area contributed by atoms with Crippen molar-refractivity contribution in [3.05, 3.63) is 70.2 Å². The molecule has 0 radical (unpaired) electrons. The molecule has 2 aromatic carbocycles. The standard InChI is InChI=1S/C20H19ClN2O4/c1-27-20(26)16-4-2-14(3-5-16)18(24)22-10-12-23(13-11-22)19(25)15-6-8-17(21)9-7-15/h2-9H,10-13H2,1H3. The van der Waals surface area contributed by atoms with Gasteiger partial charge in [-0.2, -0.15) is 0 Å². The van der Waals surface area contributed by atoms with Crippen molar-refractivity contribution in [2.24, 2.45) is 0 Å². The first-order valence-corrected chi connectivity index (χ1v) is 8.90. The molecule has 0 aliphatic carbocycles. The van der Waals surface area contributed by atoms with Crippen molar-refractivity contribution in [1.29, 1.82) is 0 Å². The second-order valence-electron chi connectivity index (χ2n) is 6.16. The van der Waals surface area contributed by atoms with E-state index < -0.39 is 5.97 Å². The van der Waals surface area contributed by atoms with Crippen LogP contribution in [0.25, 0.3) is 0 Å². The van der Waals surface area contributed by atoms with Crippen molar-refractivity contribution in [2.45, 2.75) is 0 Å². The van der Waals surface area contributed by atoms with Gasteiger partial charge in [0.15, 0.2) is 0 Å². The van der Waals surface area contributed by atoms with Crippen LogP contribution in [0.3, 0.4) is 0 Å². The molecule has 1 aliphatic rings. The first-order chi connectivity index (χ1) is 13.0. The molecule has 0 N–H and O–H groups in total. The Hall–Kier alpha value is -2.86. The summed E-state index contributed by atoms with van der Waals surface area (Å²) >= 11 is 5.85. The van der Waals surface area contributed by atoms with Crippen molar-refractivity contribution in [3.63, 3.8) is 0 Å². The number of esters is 1. The minimum Gasteiger partial charge on any atom is -0.465 e. The summed E-state index contributed by atoms with van der Waals surface area (Å²) in [5, 5.41) is 0.584. The van der Waals surface area contributed by atoms with E-state index in [1.54, 1.807) is 58.3 Å². The Kier molecular flexibility index (Phi) is 5.76. The van der Waals surface area contributed by atoms with Gasteiger partial charge in [0.25, 0.3) is 11.8 Å². The lowest BCUT2D eigenvalue weighted by molar-refractivity contribution is 0.0535. The maximum absolute atomic E-state index is 12.6. The molecule has 0 atom stereocenters. The molecule has 0 bridgehead atoms. The SMILES string of the molecule is COC(=O)c1ccc(C(=O)N2CCN(C(=O)c3ccc(Cl)cc3)CC2)cc1. The van der Waals surface area contributed by atoms with Crippen LogP contribution in [0.15, 0.2) is 48.5 Å². The van der Waals surface area contributed by atoms with Gasteiger partial charge in [0, 0.05) is 42.3 Å². The van der Waals surface area contributed by atoms with Crippen LogP contribution in [0.5, 0.6) is 0 Å². The van der Waals surface area contributed by atoms with Crippen molar-refractivity contribution >= 4 is 29.4 Å². The third kappa shape index (κ3) is 4.28. The van der Waals surface area contributed by atoms with E-state index in [2.05, 4.69) is 4.74 Å². The summed E-state index contributed by atoms with van der Waals surface area (Å²) in [6.07, 6.45) is 0. The highest BCUT2D eigenvalue weighted by Crippen LogP contribution is 2.15. The number of halogens is 1. The maximum Gasteiger partial charge on any atom is 0.337 e. The second-order valence-corrected chi connectivity index (χ2v) is 6.60. The van der Waals surface area contributed by atoms with Crippen molar-refractivity contribution < 1.29 is 19.1 Å². The fraction of sp³-hybridized carbons (Fsp3) is 0.250. The number of carbonyl (C=O) groups excluding carboxylic acids is 3. The number of carbonyl (C=O) groups is 3. The number of amides is 2. The highest BCUT2D eigenvalue weighted by Gasteiger charge is 2.25. The monoisotopic (exact) mass is 386 g/mol. The Morgan fingerprint density at radius 3 is 1.52 bits per heavy atom. The minimum atomic E-state index is -0.441. The highest BCUT2D eigenvalue weighted by atomic mass is 35.5. The van der Waals surface area contributed by atoms with Gasteiger partial charge in [0.05, 0.1) is 12.7 Å². The molecule has 0 aromatic heterocycles. The lowest BCUT2D eigenvalue weighted by Crippen LogP contribution is -2.50. The number of methoxy groups -OCH3 is 1. The Bertz CT molecular complexity index is 841. The summed E-state index contributed by atoms with van der Waals surface area (Å²) in [7, 11) is 1.31. The predicted molar refractivity (Wildman–Crippen MR) is 101 cm³/mol. The molecule has 0 unspecified atom stereocenters. The summed E-state index contributed by atoms with van der Waals surface area (Å²) in [5.74, 6) is -0.630. The van der Waals surface area contributed by atoms with E-state index >= 15 is 0 Å². The molecule has 27 heavy (non-hydrogen) atoms. The molecular formula is C20H19ClN2O4. The minimum absolute atomic E-state index is 0.0683. The number of hydrogen-bond acceptors (Lipinski definition) is 4. The summed E-state index contributed by atoms with van der Waals surface area (Å²) in [5.41, 5.74) is 1.48. The van der Waals surface area contributed by atoms with Crippen LogP contribution < -0.4 is 0 Å². The van der Waals surface area contributed by atoms with Crippen LogP contribution in [0, 0.1) is 0 Å². The summed E-state index contributed by atoms with van der Waals surface area (Å²) in [6.45, 7) is 1.84. The van der Waals surface area contributed by atoms with Gasteiger partial charge in [-0.3, -0.25) is 9.59 Å². The van der Waals surface area contributed by atoms with E-state index in [1.807, 2.05) is 0 Å². The van der Waals surface area contributed by atoms with Crippen LogP contribution in [0.2, 0.25) is 5.02 Å². The van der Waals surface area contributed by atoms with Crippen LogP contribution in [0.4, 0.5) is 0 Å². The fourth-order valence-corrected chi connectivity index (χ4v) is 3.06. The third-order valence-electron chi connectivity index (χ3n) is 4.50. The zero-order valence-electron chi connectivity index (χ0n) is 14.9. The van der Waals surface area contributed by atoms with E-state index in [9.17, 15) is 14.4 Å². The number of piperazine rings is 1. The van der Waals surface area contributed by atoms with E-state index in [0.717, 1.165) is 0 Å². The first-order valence-electron chi connectivity index (χ1n) is 8.52. The molecule has 6 nitrogen and oxygen atoms in total. The van der Waals surface area contributed by atoms with Crippen LogP contribution in [0.1, 0.15) is 31.1 Å². The summed E-state index contributed by atoms with van der Waals surface area (Å²) < 4.78 is 4.65. The van der Waals surface area contributed by atoms with Gasteiger partial charge < -0.3 is 14.5 Å². The molecule has 0 spiro atoms. The molecule has 0 saturated carbocycles. The predicted octanol–water partition coefficient (Wildman–Crippen LogP) is 2.72. The number of nitrogens with zero attached hydrogens (tertiary/aromatic N) is 2. The Morgan fingerprint density at radius 1 is 0.741 bits per heavy atom. The summed E-state index contributed by atoms with van der Waals surface area (Å²) in [4.78, 5) is 40.1. The lowest BCUT2D eigenvalue weighted by Gasteiger charge is -2.35. The Balaban J connectivity index is 1.59.